The standard InChI is InChI=1S/C24H17F2N3O2S2/c25-18-10-6-16(7-11-18)21(30)14-32-23-27-28-24(29(23)20-4-2-1-3-5-20)33-15-22(31)17-8-12-19(26)13-9-17/h1-13H,14-15H2. The number of nitrogens with zero attached hydrogens (tertiary/aromatic N) is 3. The van der Waals surface area contributed by atoms with Crippen molar-refractivity contribution in [1.29, 1.82) is 0 Å². The second-order valence-corrected chi connectivity index (χ2v) is 8.76. The molecule has 0 N–H and O–H groups in total. The van der Waals surface area contributed by atoms with E-state index in [2.05, 4.69) is 10.2 Å². The topological polar surface area (TPSA) is 64.8 Å². The van der Waals surface area contributed by atoms with Crippen molar-refractivity contribution in [2.24, 2.45) is 0 Å². The lowest BCUT2D eigenvalue weighted by molar-refractivity contribution is 0.101. The molecule has 4 aromatic rings. The van der Waals surface area contributed by atoms with Gasteiger partial charge in [0.15, 0.2) is 21.9 Å². The smallest absolute Gasteiger partial charge is 0.196 e. The molecule has 0 aliphatic carbocycles. The number of para-hydroxylation sites is 1. The molecule has 33 heavy (non-hydrogen) atoms. The number of Topliss-reactive ketones (excluding diaryl/α,β-unsaturated/α-hetero) is 2. The zero-order valence-corrected chi connectivity index (χ0v) is 18.8. The monoisotopic (exact) mass is 481 g/mol. The lowest BCUT2D eigenvalue weighted by Gasteiger charge is -2.09. The Morgan fingerprint density at radius 3 is 1.52 bits per heavy atom. The predicted molar refractivity (Wildman–Crippen MR) is 124 cm³/mol. The van der Waals surface area contributed by atoms with Gasteiger partial charge in [0.1, 0.15) is 11.6 Å². The summed E-state index contributed by atoms with van der Waals surface area (Å²) in [5, 5.41) is 9.42. The molecule has 0 amide bonds. The first-order valence-corrected chi connectivity index (χ1v) is 11.8. The first-order valence-electron chi connectivity index (χ1n) is 9.85. The van der Waals surface area contributed by atoms with E-state index in [1.807, 2.05) is 30.3 Å². The number of thioether (sulfide) groups is 2. The van der Waals surface area contributed by atoms with E-state index < -0.39 is 11.6 Å². The van der Waals surface area contributed by atoms with Crippen LogP contribution in [0.3, 0.4) is 0 Å². The molecule has 166 valence electrons. The fraction of sp³-hybridized carbons (Fsp3) is 0.0833. The maximum absolute atomic E-state index is 13.1. The van der Waals surface area contributed by atoms with Gasteiger partial charge in [-0.1, -0.05) is 41.7 Å². The highest BCUT2D eigenvalue weighted by molar-refractivity contribution is 8.00. The lowest BCUT2D eigenvalue weighted by atomic mass is 10.1. The second kappa shape index (κ2) is 10.5. The molecule has 0 aliphatic rings. The van der Waals surface area contributed by atoms with Gasteiger partial charge in [0.05, 0.1) is 17.2 Å². The normalized spacial score (nSPS) is 10.8. The number of rotatable bonds is 9. The van der Waals surface area contributed by atoms with Crippen molar-refractivity contribution in [3.8, 4) is 5.69 Å². The number of benzene rings is 3. The average Bonchev–Trinajstić information content (AvgIpc) is 3.25. The maximum atomic E-state index is 13.1. The van der Waals surface area contributed by atoms with Crippen LogP contribution < -0.4 is 0 Å². The van der Waals surface area contributed by atoms with E-state index in [0.717, 1.165) is 5.69 Å². The minimum absolute atomic E-state index is 0.0930. The van der Waals surface area contributed by atoms with E-state index >= 15 is 0 Å². The Balaban J connectivity index is 1.51. The number of hydrogen-bond acceptors (Lipinski definition) is 6. The fourth-order valence-electron chi connectivity index (χ4n) is 2.94. The third kappa shape index (κ3) is 5.74. The van der Waals surface area contributed by atoms with Crippen LogP contribution in [0, 0.1) is 11.6 Å². The average molecular weight is 482 g/mol. The van der Waals surface area contributed by atoms with Crippen molar-refractivity contribution < 1.29 is 18.4 Å². The molecule has 4 rings (SSSR count). The molecule has 9 heteroatoms. The molecule has 0 saturated heterocycles. The molecule has 5 nitrogen and oxygen atoms in total. The summed E-state index contributed by atoms with van der Waals surface area (Å²) < 4.78 is 28.0. The van der Waals surface area contributed by atoms with Crippen LogP contribution in [0.25, 0.3) is 5.69 Å². The molecule has 0 aliphatic heterocycles. The van der Waals surface area contributed by atoms with Crippen LogP contribution in [0.2, 0.25) is 0 Å². The number of halogens is 2. The van der Waals surface area contributed by atoms with Crippen molar-refractivity contribution in [3.63, 3.8) is 0 Å². The van der Waals surface area contributed by atoms with Crippen LogP contribution >= 0.6 is 23.5 Å². The molecule has 0 unspecified atom stereocenters. The molecule has 0 fully saturated rings. The van der Waals surface area contributed by atoms with Crippen LogP contribution in [0.4, 0.5) is 8.78 Å². The van der Waals surface area contributed by atoms with E-state index in [9.17, 15) is 18.4 Å². The van der Waals surface area contributed by atoms with Crippen molar-refractivity contribution >= 4 is 35.1 Å². The van der Waals surface area contributed by atoms with Gasteiger partial charge in [-0.2, -0.15) is 0 Å². The quantitative estimate of drug-likeness (QED) is 0.233. The van der Waals surface area contributed by atoms with Gasteiger partial charge >= 0.3 is 0 Å². The minimum Gasteiger partial charge on any atom is -0.293 e. The Labute approximate surface area is 197 Å². The van der Waals surface area contributed by atoms with E-state index in [1.54, 1.807) is 4.57 Å². The van der Waals surface area contributed by atoms with Crippen molar-refractivity contribution in [1.82, 2.24) is 14.8 Å². The van der Waals surface area contributed by atoms with Gasteiger partial charge < -0.3 is 0 Å². The van der Waals surface area contributed by atoms with Gasteiger partial charge in [0.2, 0.25) is 0 Å². The summed E-state index contributed by atoms with van der Waals surface area (Å²) in [6.45, 7) is 0. The van der Waals surface area contributed by atoms with Crippen LogP contribution in [0.15, 0.2) is 89.2 Å². The summed E-state index contributed by atoms with van der Waals surface area (Å²) >= 11 is 2.42. The SMILES string of the molecule is O=C(CSc1nnc(SCC(=O)c2ccc(F)cc2)n1-c1ccccc1)c1ccc(F)cc1. The van der Waals surface area contributed by atoms with Gasteiger partial charge in [-0.15, -0.1) is 10.2 Å². The Morgan fingerprint density at radius 2 is 1.09 bits per heavy atom. The third-order valence-electron chi connectivity index (χ3n) is 4.62. The van der Waals surface area contributed by atoms with Crippen LogP contribution in [0.1, 0.15) is 20.7 Å². The van der Waals surface area contributed by atoms with Gasteiger partial charge in [0.25, 0.3) is 0 Å². The fourth-order valence-corrected chi connectivity index (χ4v) is 4.69. The van der Waals surface area contributed by atoms with E-state index in [1.165, 1.54) is 72.1 Å². The number of hydrogen-bond donors (Lipinski definition) is 0. The van der Waals surface area contributed by atoms with Gasteiger partial charge in [-0.3, -0.25) is 14.2 Å². The van der Waals surface area contributed by atoms with Crippen LogP contribution in [-0.4, -0.2) is 37.8 Å². The van der Waals surface area contributed by atoms with E-state index in [4.69, 9.17) is 0 Å². The predicted octanol–water partition coefficient (Wildman–Crippen LogP) is 5.50. The van der Waals surface area contributed by atoms with Crippen molar-refractivity contribution in [2.45, 2.75) is 10.3 Å². The molecule has 1 heterocycles. The Hall–Kier alpha value is -3.30. The zero-order valence-electron chi connectivity index (χ0n) is 17.2. The van der Waals surface area contributed by atoms with Gasteiger partial charge in [0, 0.05) is 11.1 Å². The number of carbonyl (C=O) groups excluding carboxylic acids is 2. The molecular formula is C24H17F2N3O2S2. The van der Waals surface area contributed by atoms with E-state index in [0.29, 0.717) is 21.4 Å². The molecule has 1 aromatic heterocycles. The minimum atomic E-state index is -0.403. The largest absolute Gasteiger partial charge is 0.293 e. The number of carbonyl (C=O) groups is 2. The third-order valence-corrected chi connectivity index (χ3v) is 6.47. The Morgan fingerprint density at radius 1 is 0.667 bits per heavy atom. The molecule has 0 saturated carbocycles. The first kappa shape index (κ1) is 22.9. The zero-order chi connectivity index (χ0) is 23.2. The summed E-state index contributed by atoms with van der Waals surface area (Å²) in [6.07, 6.45) is 0. The molecule has 3 aromatic carbocycles. The van der Waals surface area contributed by atoms with Crippen LogP contribution in [0.5, 0.6) is 0 Å². The summed E-state index contributed by atoms with van der Waals surface area (Å²) in [7, 11) is 0. The molecule has 0 spiro atoms. The van der Waals surface area contributed by atoms with Gasteiger partial charge in [-0.05, 0) is 60.7 Å². The summed E-state index contributed by atoms with van der Waals surface area (Å²) in [5.74, 6) is -0.947. The second-order valence-electron chi connectivity index (χ2n) is 6.87. The summed E-state index contributed by atoms with van der Waals surface area (Å²) in [6, 6.07) is 20.1. The lowest BCUT2D eigenvalue weighted by Crippen LogP contribution is -2.06. The molecule has 0 bridgehead atoms. The van der Waals surface area contributed by atoms with Crippen molar-refractivity contribution in [3.05, 3.63) is 102 Å². The summed E-state index contributed by atoms with van der Waals surface area (Å²) in [4.78, 5) is 25.0. The highest BCUT2D eigenvalue weighted by Crippen LogP contribution is 2.28. The molecule has 0 atom stereocenters. The summed E-state index contributed by atoms with van der Waals surface area (Å²) in [5.41, 5.74) is 1.61. The Kier molecular flexibility index (Phi) is 7.31. The molecular weight excluding hydrogens is 464 g/mol. The van der Waals surface area contributed by atoms with Crippen LogP contribution in [-0.2, 0) is 0 Å². The Bertz CT molecular complexity index is 1180. The van der Waals surface area contributed by atoms with E-state index in [-0.39, 0.29) is 23.1 Å². The maximum Gasteiger partial charge on any atom is 0.196 e. The highest BCUT2D eigenvalue weighted by atomic mass is 32.2. The number of aromatic nitrogens is 3. The van der Waals surface area contributed by atoms with Crippen molar-refractivity contribution in [2.75, 3.05) is 11.5 Å². The number of ketones is 2. The highest BCUT2D eigenvalue weighted by Gasteiger charge is 2.18. The first-order chi connectivity index (χ1) is 16.0. The van der Waals surface area contributed by atoms with Gasteiger partial charge in [-0.25, -0.2) is 8.78 Å². The molecule has 0 radical (unpaired) electrons.